The minimum Gasteiger partial charge on any atom is -0.497 e. The predicted octanol–water partition coefficient (Wildman–Crippen LogP) is 1.42. The zero-order valence-corrected chi connectivity index (χ0v) is 13.6. The van der Waals surface area contributed by atoms with E-state index in [0.717, 1.165) is 17.1 Å². The van der Waals surface area contributed by atoms with E-state index >= 15 is 0 Å². The lowest BCUT2D eigenvalue weighted by Crippen LogP contribution is -2.24. The van der Waals surface area contributed by atoms with Gasteiger partial charge in [0.25, 0.3) is 5.91 Å². The Kier molecular flexibility index (Phi) is 3.27. The average Bonchev–Trinajstić information content (AvgIpc) is 3.10. The second kappa shape index (κ2) is 5.34. The Morgan fingerprint density at radius 1 is 1.42 bits per heavy atom. The highest BCUT2D eigenvalue weighted by molar-refractivity contribution is 5.98. The second-order valence-corrected chi connectivity index (χ2v) is 5.67. The molecule has 0 aliphatic carbocycles. The van der Waals surface area contributed by atoms with Crippen LogP contribution in [0, 0.1) is 0 Å². The van der Waals surface area contributed by atoms with Crippen LogP contribution in [0.3, 0.4) is 0 Å². The summed E-state index contributed by atoms with van der Waals surface area (Å²) in [6, 6.07) is 5.41. The van der Waals surface area contributed by atoms with Gasteiger partial charge in [-0.1, -0.05) is 0 Å². The molecule has 1 N–H and O–H groups in total. The molecule has 8 nitrogen and oxygen atoms in total. The average molecular weight is 327 g/mol. The highest BCUT2D eigenvalue weighted by Gasteiger charge is 2.32. The van der Waals surface area contributed by atoms with E-state index in [0.29, 0.717) is 23.8 Å². The number of hydrogen-bond acceptors (Lipinski definition) is 6. The third-order valence-electron chi connectivity index (χ3n) is 4.19. The van der Waals surface area contributed by atoms with Gasteiger partial charge in [0.15, 0.2) is 6.17 Å². The molecule has 24 heavy (non-hydrogen) atoms. The molecule has 1 amide bonds. The zero-order chi connectivity index (χ0) is 16.8. The fourth-order valence-electron chi connectivity index (χ4n) is 3.05. The summed E-state index contributed by atoms with van der Waals surface area (Å²) in [6.45, 7) is 2.17. The van der Waals surface area contributed by atoms with Crippen molar-refractivity contribution in [3.05, 3.63) is 41.5 Å². The fourth-order valence-corrected chi connectivity index (χ4v) is 3.05. The van der Waals surface area contributed by atoms with Crippen molar-refractivity contribution in [2.24, 2.45) is 4.99 Å². The minimum absolute atomic E-state index is 0.144. The van der Waals surface area contributed by atoms with Crippen LogP contribution in [0.4, 0.5) is 0 Å². The second-order valence-electron chi connectivity index (χ2n) is 5.67. The number of nitrogens with one attached hydrogen (secondary N) is 1. The molecule has 0 radical (unpaired) electrons. The molecule has 0 fully saturated rings. The van der Waals surface area contributed by atoms with Crippen molar-refractivity contribution in [2.75, 3.05) is 14.2 Å². The van der Waals surface area contributed by atoms with Crippen molar-refractivity contribution in [1.82, 2.24) is 19.9 Å². The molecule has 2 aromatic rings. The van der Waals surface area contributed by atoms with E-state index in [1.807, 2.05) is 23.7 Å². The van der Waals surface area contributed by atoms with Gasteiger partial charge in [0.1, 0.15) is 11.4 Å². The first-order valence-corrected chi connectivity index (χ1v) is 7.56. The number of imidazole rings is 1. The Morgan fingerprint density at radius 3 is 2.96 bits per heavy atom. The number of hydroxylamine groups is 2. The van der Waals surface area contributed by atoms with E-state index in [9.17, 15) is 4.79 Å². The van der Waals surface area contributed by atoms with E-state index in [4.69, 9.17) is 9.57 Å². The number of aromatic nitrogens is 2. The first-order chi connectivity index (χ1) is 11.6. The summed E-state index contributed by atoms with van der Waals surface area (Å²) in [4.78, 5) is 26.9. The van der Waals surface area contributed by atoms with E-state index < -0.39 is 0 Å². The lowest BCUT2D eigenvalue weighted by Gasteiger charge is -2.16. The number of methoxy groups -OCH3 is 1. The van der Waals surface area contributed by atoms with Gasteiger partial charge in [0.05, 0.1) is 36.9 Å². The molecule has 0 saturated heterocycles. The summed E-state index contributed by atoms with van der Waals surface area (Å²) in [5, 5.41) is 4.57. The lowest BCUT2D eigenvalue weighted by atomic mass is 10.1. The van der Waals surface area contributed by atoms with Crippen molar-refractivity contribution >= 4 is 11.8 Å². The number of fused-ring (bicyclic) bond motifs is 3. The maximum Gasteiger partial charge on any atom is 0.253 e. The normalized spacial score (nSPS) is 19.7. The monoisotopic (exact) mass is 327 g/mol. The largest absolute Gasteiger partial charge is 0.497 e. The molecule has 2 aliphatic heterocycles. The highest BCUT2D eigenvalue weighted by Crippen LogP contribution is 2.32. The van der Waals surface area contributed by atoms with Crippen molar-refractivity contribution in [3.63, 3.8) is 0 Å². The summed E-state index contributed by atoms with van der Waals surface area (Å²) < 4.78 is 7.14. The molecular formula is C16H17N5O3. The first-order valence-electron chi connectivity index (χ1n) is 7.56. The van der Waals surface area contributed by atoms with Crippen LogP contribution in [0.5, 0.6) is 5.75 Å². The van der Waals surface area contributed by atoms with Gasteiger partial charge in [0, 0.05) is 14.0 Å². The molecule has 1 aromatic carbocycles. The first kappa shape index (κ1) is 14.7. The maximum absolute atomic E-state index is 12.4. The molecular weight excluding hydrogens is 310 g/mol. The van der Waals surface area contributed by atoms with Gasteiger partial charge < -0.3 is 19.5 Å². The van der Waals surface area contributed by atoms with Crippen LogP contribution < -0.4 is 10.1 Å². The fraction of sp³-hybridized carbons (Fsp3) is 0.312. The molecule has 2 aliphatic rings. The molecule has 1 aromatic heterocycles. The predicted molar refractivity (Wildman–Crippen MR) is 86.0 cm³/mol. The van der Waals surface area contributed by atoms with Gasteiger partial charge in [-0.2, -0.15) is 0 Å². The highest BCUT2D eigenvalue weighted by atomic mass is 16.7. The summed E-state index contributed by atoms with van der Waals surface area (Å²) in [7, 11) is 3.39. The Morgan fingerprint density at radius 2 is 2.25 bits per heavy atom. The molecule has 0 bridgehead atoms. The van der Waals surface area contributed by atoms with Crippen LogP contribution in [-0.2, 0) is 11.4 Å². The Bertz CT molecular complexity index is 857. The van der Waals surface area contributed by atoms with Gasteiger partial charge in [-0.15, -0.1) is 5.06 Å². The molecule has 3 heterocycles. The van der Waals surface area contributed by atoms with Gasteiger partial charge in [0.2, 0.25) is 5.90 Å². The van der Waals surface area contributed by atoms with Gasteiger partial charge in [-0.05, 0) is 18.2 Å². The molecule has 0 spiro atoms. The maximum atomic E-state index is 12.4. The number of nitrogens with zero attached hydrogens (tertiary/aromatic N) is 4. The van der Waals surface area contributed by atoms with Gasteiger partial charge in [-0.3, -0.25) is 4.79 Å². The van der Waals surface area contributed by atoms with Crippen molar-refractivity contribution < 1.29 is 14.4 Å². The number of carbonyl (C=O) groups is 1. The van der Waals surface area contributed by atoms with Crippen LogP contribution in [0.25, 0.3) is 5.69 Å². The van der Waals surface area contributed by atoms with Crippen LogP contribution in [0.15, 0.2) is 29.5 Å². The summed E-state index contributed by atoms with van der Waals surface area (Å²) in [5.41, 5.74) is 2.96. The van der Waals surface area contributed by atoms with Crippen LogP contribution in [0.1, 0.15) is 34.8 Å². The lowest BCUT2D eigenvalue weighted by molar-refractivity contribution is -0.0596. The smallest absolute Gasteiger partial charge is 0.253 e. The van der Waals surface area contributed by atoms with E-state index in [1.54, 1.807) is 31.5 Å². The molecule has 0 saturated carbocycles. The van der Waals surface area contributed by atoms with Crippen molar-refractivity contribution in [3.8, 4) is 11.4 Å². The molecule has 4 rings (SSSR count). The van der Waals surface area contributed by atoms with Crippen LogP contribution in [-0.4, -0.2) is 40.6 Å². The molecule has 1 atom stereocenters. The van der Waals surface area contributed by atoms with E-state index in [-0.39, 0.29) is 12.1 Å². The summed E-state index contributed by atoms with van der Waals surface area (Å²) >= 11 is 0. The van der Waals surface area contributed by atoms with Gasteiger partial charge >= 0.3 is 0 Å². The van der Waals surface area contributed by atoms with E-state index in [2.05, 4.69) is 15.3 Å². The number of benzene rings is 1. The SMILES string of the molecule is COc1ccc2c(c1)C(=O)NCc1c(C3N=C(C)ON3C)ncn1-2. The van der Waals surface area contributed by atoms with E-state index in [1.165, 1.54) is 0 Å². The third kappa shape index (κ3) is 2.15. The number of hydrogen-bond donors (Lipinski definition) is 1. The number of aliphatic imine (C=N–C) groups is 1. The quantitative estimate of drug-likeness (QED) is 0.902. The Balaban J connectivity index is 1.85. The molecule has 8 heteroatoms. The topological polar surface area (TPSA) is 81.0 Å². The van der Waals surface area contributed by atoms with Crippen molar-refractivity contribution in [2.45, 2.75) is 19.6 Å². The standard InChI is InChI=1S/C16H17N5O3/c1-9-19-15(20(2)24-9)14-13-7-17-16(22)11-6-10(23-3)4-5-12(11)21(13)8-18-14/h4-6,8,15H,7H2,1-3H3,(H,17,22). The van der Waals surface area contributed by atoms with Crippen LogP contribution in [0.2, 0.25) is 0 Å². The van der Waals surface area contributed by atoms with Crippen LogP contribution >= 0.6 is 0 Å². The van der Waals surface area contributed by atoms with Gasteiger partial charge in [-0.25, -0.2) is 9.98 Å². The summed E-state index contributed by atoms with van der Waals surface area (Å²) in [5.74, 6) is 1.08. The molecule has 124 valence electrons. The number of ether oxygens (including phenoxy) is 1. The minimum atomic E-state index is -0.321. The number of rotatable bonds is 2. The molecule has 1 unspecified atom stereocenters. The summed E-state index contributed by atoms with van der Waals surface area (Å²) in [6.07, 6.45) is 1.39. The number of carbonyl (C=O) groups excluding carboxylic acids is 1. The zero-order valence-electron chi connectivity index (χ0n) is 13.6. The third-order valence-corrected chi connectivity index (χ3v) is 4.19. The Labute approximate surface area is 138 Å². The Hall–Kier alpha value is -2.87. The number of amides is 1. The van der Waals surface area contributed by atoms with Crippen molar-refractivity contribution in [1.29, 1.82) is 0 Å².